The number of anilines is 2. The molecular weight excluding hydrogens is 389 g/mol. The van der Waals surface area contributed by atoms with Crippen LogP contribution in [0.25, 0.3) is 16.7 Å². The fraction of sp³-hybridized carbons (Fsp3) is 0.0625. The van der Waals surface area contributed by atoms with Crippen molar-refractivity contribution in [3.8, 4) is 0 Å². The molecule has 22 heavy (non-hydrogen) atoms. The summed E-state index contributed by atoms with van der Waals surface area (Å²) < 4.78 is 3.08. The van der Waals surface area contributed by atoms with E-state index >= 15 is 0 Å². The first kappa shape index (κ1) is 13.4. The van der Waals surface area contributed by atoms with Crippen LogP contribution in [-0.4, -0.2) is 26.6 Å². The van der Waals surface area contributed by atoms with Crippen LogP contribution in [0.2, 0.25) is 0 Å². The Labute approximate surface area is 140 Å². The van der Waals surface area contributed by atoms with Crippen LogP contribution in [0.3, 0.4) is 0 Å². The van der Waals surface area contributed by atoms with E-state index in [9.17, 15) is 0 Å². The molecule has 0 saturated carbocycles. The van der Waals surface area contributed by atoms with E-state index in [-0.39, 0.29) is 0 Å². The lowest BCUT2D eigenvalue weighted by Gasteiger charge is -2.20. The standard InChI is InChI=1S/C16H12IN5/c1-21(12-5-3-2-4-6-12)15-13-8-7-11(17)9-14(13)22-10-18-20-16(22)19-15/h2-10H,1H3. The van der Waals surface area contributed by atoms with E-state index in [0.29, 0.717) is 5.78 Å². The third-order valence-electron chi connectivity index (χ3n) is 3.66. The van der Waals surface area contributed by atoms with Gasteiger partial charge in [-0.05, 0) is 52.9 Å². The Kier molecular flexibility index (Phi) is 3.18. The number of rotatable bonds is 2. The smallest absolute Gasteiger partial charge is 0.257 e. The molecule has 0 aliphatic rings. The molecule has 2 heterocycles. The lowest BCUT2D eigenvalue weighted by molar-refractivity contribution is 1.08. The van der Waals surface area contributed by atoms with Gasteiger partial charge in [-0.15, -0.1) is 10.2 Å². The van der Waals surface area contributed by atoms with Crippen molar-refractivity contribution in [2.75, 3.05) is 11.9 Å². The maximum atomic E-state index is 4.68. The molecule has 0 fully saturated rings. The van der Waals surface area contributed by atoms with Gasteiger partial charge in [0.1, 0.15) is 12.1 Å². The van der Waals surface area contributed by atoms with Crippen LogP contribution in [-0.2, 0) is 0 Å². The van der Waals surface area contributed by atoms with Gasteiger partial charge in [-0.1, -0.05) is 18.2 Å². The van der Waals surface area contributed by atoms with E-state index < -0.39 is 0 Å². The highest BCUT2D eigenvalue weighted by molar-refractivity contribution is 14.1. The number of hydrogen-bond donors (Lipinski definition) is 0. The molecule has 4 rings (SSSR count). The summed E-state index contributed by atoms with van der Waals surface area (Å²) in [5, 5.41) is 9.16. The van der Waals surface area contributed by atoms with Gasteiger partial charge in [0.05, 0.1) is 5.52 Å². The number of para-hydroxylation sites is 1. The third kappa shape index (κ3) is 2.10. The van der Waals surface area contributed by atoms with Crippen molar-refractivity contribution in [1.82, 2.24) is 19.6 Å². The highest BCUT2D eigenvalue weighted by Crippen LogP contribution is 2.30. The maximum Gasteiger partial charge on any atom is 0.257 e. The molecule has 2 aromatic carbocycles. The van der Waals surface area contributed by atoms with E-state index in [4.69, 9.17) is 0 Å². The van der Waals surface area contributed by atoms with Crippen LogP contribution in [0.1, 0.15) is 0 Å². The number of hydrogen-bond acceptors (Lipinski definition) is 4. The Balaban J connectivity index is 2.03. The number of fused-ring (bicyclic) bond motifs is 3. The van der Waals surface area contributed by atoms with Gasteiger partial charge in [-0.2, -0.15) is 4.98 Å². The van der Waals surface area contributed by atoms with E-state index in [2.05, 4.69) is 73.0 Å². The highest BCUT2D eigenvalue weighted by atomic mass is 127. The van der Waals surface area contributed by atoms with Crippen LogP contribution >= 0.6 is 22.6 Å². The number of halogens is 1. The molecule has 0 atom stereocenters. The minimum absolute atomic E-state index is 0.604. The molecule has 0 N–H and O–H groups in total. The van der Waals surface area contributed by atoms with Crippen molar-refractivity contribution in [3.05, 3.63) is 58.4 Å². The van der Waals surface area contributed by atoms with Crippen LogP contribution in [0.5, 0.6) is 0 Å². The first-order valence-electron chi connectivity index (χ1n) is 6.82. The molecule has 2 aromatic heterocycles. The maximum absolute atomic E-state index is 4.68. The predicted molar refractivity (Wildman–Crippen MR) is 95.5 cm³/mol. The summed E-state index contributed by atoms with van der Waals surface area (Å²) >= 11 is 2.31. The molecule has 0 radical (unpaired) electrons. The van der Waals surface area contributed by atoms with Crippen molar-refractivity contribution in [3.63, 3.8) is 0 Å². The summed E-state index contributed by atoms with van der Waals surface area (Å²) in [5.74, 6) is 1.48. The molecule has 108 valence electrons. The Morgan fingerprint density at radius 2 is 1.91 bits per heavy atom. The Morgan fingerprint density at radius 1 is 1.09 bits per heavy atom. The second kappa shape index (κ2) is 5.20. The monoisotopic (exact) mass is 401 g/mol. The molecular formula is C16H12IN5. The van der Waals surface area contributed by atoms with Crippen molar-refractivity contribution >= 4 is 50.8 Å². The summed E-state index contributed by atoms with van der Waals surface area (Å²) in [7, 11) is 2.02. The first-order chi connectivity index (χ1) is 10.7. The molecule has 0 amide bonds. The van der Waals surface area contributed by atoms with E-state index in [1.165, 1.54) is 3.57 Å². The summed E-state index contributed by atoms with van der Waals surface area (Å²) in [6.07, 6.45) is 1.70. The summed E-state index contributed by atoms with van der Waals surface area (Å²) in [5.41, 5.74) is 2.14. The highest BCUT2D eigenvalue weighted by Gasteiger charge is 2.14. The SMILES string of the molecule is CN(c1ccccc1)c1nc2nncn2c2cc(I)ccc12. The molecule has 0 aliphatic heterocycles. The summed E-state index contributed by atoms with van der Waals surface area (Å²) in [6.45, 7) is 0. The van der Waals surface area contributed by atoms with Crippen molar-refractivity contribution in [2.24, 2.45) is 0 Å². The summed E-state index contributed by atoms with van der Waals surface area (Å²) in [6, 6.07) is 16.5. The van der Waals surface area contributed by atoms with Crippen LogP contribution in [0.4, 0.5) is 11.5 Å². The number of benzene rings is 2. The lowest BCUT2D eigenvalue weighted by atomic mass is 10.2. The molecule has 0 bridgehead atoms. The molecule has 0 saturated heterocycles. The van der Waals surface area contributed by atoms with Gasteiger partial charge in [0.25, 0.3) is 5.78 Å². The fourth-order valence-electron chi connectivity index (χ4n) is 2.55. The fourth-order valence-corrected chi connectivity index (χ4v) is 3.03. The average molecular weight is 401 g/mol. The second-order valence-corrected chi connectivity index (χ2v) is 6.24. The zero-order valence-electron chi connectivity index (χ0n) is 11.8. The Hall–Kier alpha value is -2.22. The van der Waals surface area contributed by atoms with E-state index in [1.54, 1.807) is 6.33 Å². The third-order valence-corrected chi connectivity index (χ3v) is 4.33. The van der Waals surface area contributed by atoms with Crippen LogP contribution in [0.15, 0.2) is 54.9 Å². The van der Waals surface area contributed by atoms with Crippen LogP contribution < -0.4 is 4.90 Å². The van der Waals surface area contributed by atoms with Gasteiger partial charge < -0.3 is 4.90 Å². The molecule has 4 aromatic rings. The minimum Gasteiger partial charge on any atom is -0.329 e. The predicted octanol–water partition coefficient (Wildman–Crippen LogP) is 3.65. The van der Waals surface area contributed by atoms with Gasteiger partial charge >= 0.3 is 0 Å². The largest absolute Gasteiger partial charge is 0.329 e. The Bertz CT molecular complexity index is 964. The van der Waals surface area contributed by atoms with Gasteiger partial charge in [-0.3, -0.25) is 4.40 Å². The minimum atomic E-state index is 0.604. The van der Waals surface area contributed by atoms with E-state index in [1.807, 2.05) is 29.6 Å². The van der Waals surface area contributed by atoms with Gasteiger partial charge in [0.15, 0.2) is 0 Å². The molecule has 0 aliphatic carbocycles. The Morgan fingerprint density at radius 3 is 2.73 bits per heavy atom. The number of aromatic nitrogens is 4. The van der Waals surface area contributed by atoms with Crippen molar-refractivity contribution in [1.29, 1.82) is 0 Å². The molecule has 6 heteroatoms. The molecule has 0 spiro atoms. The molecule has 0 unspecified atom stereocenters. The first-order valence-corrected chi connectivity index (χ1v) is 7.90. The lowest BCUT2D eigenvalue weighted by Crippen LogP contribution is -2.12. The van der Waals surface area contributed by atoms with Gasteiger partial charge in [-0.25, -0.2) is 0 Å². The zero-order valence-corrected chi connectivity index (χ0v) is 14.0. The van der Waals surface area contributed by atoms with Gasteiger partial charge in [0.2, 0.25) is 0 Å². The zero-order chi connectivity index (χ0) is 15.1. The summed E-state index contributed by atoms with van der Waals surface area (Å²) in [4.78, 5) is 6.76. The quantitative estimate of drug-likeness (QED) is 0.481. The van der Waals surface area contributed by atoms with E-state index in [0.717, 1.165) is 22.4 Å². The molecule has 5 nitrogen and oxygen atoms in total. The average Bonchev–Trinajstić information content (AvgIpc) is 3.03. The second-order valence-electron chi connectivity index (χ2n) is 4.99. The van der Waals surface area contributed by atoms with Crippen LogP contribution in [0, 0.1) is 3.57 Å². The van der Waals surface area contributed by atoms with Crippen molar-refractivity contribution in [2.45, 2.75) is 0 Å². The van der Waals surface area contributed by atoms with Gasteiger partial charge in [0, 0.05) is 21.7 Å². The number of nitrogens with zero attached hydrogens (tertiary/aromatic N) is 5. The topological polar surface area (TPSA) is 46.3 Å². The van der Waals surface area contributed by atoms with Crippen molar-refractivity contribution < 1.29 is 0 Å². The normalized spacial score (nSPS) is 11.2.